The highest BCUT2D eigenvalue weighted by Crippen LogP contribution is 2.28. The minimum atomic E-state index is -0.0154. The first-order valence-corrected chi connectivity index (χ1v) is 7.15. The normalized spacial score (nSPS) is 23.3. The molecule has 2 aromatic rings. The van der Waals surface area contributed by atoms with E-state index in [1.165, 1.54) is 0 Å². The van der Waals surface area contributed by atoms with Gasteiger partial charge in [-0.15, -0.1) is 0 Å². The molecule has 1 unspecified atom stereocenters. The van der Waals surface area contributed by atoms with Crippen molar-refractivity contribution >= 4 is 22.5 Å². The maximum Gasteiger partial charge on any atom is 0.0779 e. The molecule has 2 heterocycles. The van der Waals surface area contributed by atoms with Crippen molar-refractivity contribution < 1.29 is 4.74 Å². The number of aromatic nitrogens is 1. The largest absolute Gasteiger partial charge is 0.374 e. The van der Waals surface area contributed by atoms with Crippen molar-refractivity contribution in [3.05, 3.63) is 35.0 Å². The molecule has 1 aliphatic rings. The van der Waals surface area contributed by atoms with Crippen LogP contribution >= 0.6 is 11.6 Å². The first-order chi connectivity index (χ1) is 9.18. The zero-order chi connectivity index (χ0) is 13.3. The smallest absolute Gasteiger partial charge is 0.0779 e. The third-order valence-electron chi connectivity index (χ3n) is 3.82. The summed E-state index contributed by atoms with van der Waals surface area (Å²) in [5.41, 5.74) is 2.12. The lowest BCUT2D eigenvalue weighted by atomic mass is 10.0. The van der Waals surface area contributed by atoms with Crippen molar-refractivity contribution in [1.82, 2.24) is 10.3 Å². The van der Waals surface area contributed by atoms with Gasteiger partial charge in [0.05, 0.1) is 10.6 Å². The second-order valence-corrected chi connectivity index (χ2v) is 5.85. The van der Waals surface area contributed by atoms with E-state index in [-0.39, 0.29) is 5.60 Å². The van der Waals surface area contributed by atoms with Gasteiger partial charge in [0.2, 0.25) is 0 Å². The molecule has 2 N–H and O–H groups in total. The SMILES string of the molecule is CC1(CNCc2[nH]c3ccccc3c2Cl)CCCO1. The number of aromatic amines is 1. The second-order valence-electron chi connectivity index (χ2n) is 5.47. The van der Waals surface area contributed by atoms with Crippen molar-refractivity contribution in [3.8, 4) is 0 Å². The zero-order valence-corrected chi connectivity index (χ0v) is 11.9. The van der Waals surface area contributed by atoms with E-state index in [2.05, 4.69) is 17.2 Å². The summed E-state index contributed by atoms with van der Waals surface area (Å²) in [5.74, 6) is 0. The Bertz CT molecular complexity index is 573. The molecule has 1 aromatic heterocycles. The van der Waals surface area contributed by atoms with Crippen LogP contribution in [0.15, 0.2) is 24.3 Å². The number of para-hydroxylation sites is 1. The average Bonchev–Trinajstić information content (AvgIpc) is 2.96. The highest BCUT2D eigenvalue weighted by molar-refractivity contribution is 6.36. The lowest BCUT2D eigenvalue weighted by Gasteiger charge is -2.23. The Kier molecular flexibility index (Phi) is 3.52. The van der Waals surface area contributed by atoms with Crippen LogP contribution in [0.25, 0.3) is 10.9 Å². The molecule has 1 aliphatic heterocycles. The molecule has 0 amide bonds. The van der Waals surface area contributed by atoms with Gasteiger partial charge in [-0.05, 0) is 25.8 Å². The molecule has 102 valence electrons. The molecule has 0 radical (unpaired) electrons. The average molecular weight is 279 g/mol. The van der Waals surface area contributed by atoms with Gasteiger partial charge in [0.15, 0.2) is 0 Å². The van der Waals surface area contributed by atoms with E-state index in [0.29, 0.717) is 0 Å². The van der Waals surface area contributed by atoms with Gasteiger partial charge in [0.25, 0.3) is 0 Å². The summed E-state index contributed by atoms with van der Waals surface area (Å²) in [6, 6.07) is 8.11. The lowest BCUT2D eigenvalue weighted by molar-refractivity contribution is 0.0206. The fraction of sp³-hybridized carbons (Fsp3) is 0.467. The summed E-state index contributed by atoms with van der Waals surface area (Å²) >= 11 is 6.38. The van der Waals surface area contributed by atoms with E-state index in [1.54, 1.807) is 0 Å². The van der Waals surface area contributed by atoms with Gasteiger partial charge in [0.1, 0.15) is 0 Å². The van der Waals surface area contributed by atoms with Crippen LogP contribution in [0.4, 0.5) is 0 Å². The molecule has 0 spiro atoms. The van der Waals surface area contributed by atoms with Gasteiger partial charge >= 0.3 is 0 Å². The fourth-order valence-corrected chi connectivity index (χ4v) is 2.99. The number of halogens is 1. The van der Waals surface area contributed by atoms with E-state index >= 15 is 0 Å². The quantitative estimate of drug-likeness (QED) is 0.898. The maximum atomic E-state index is 6.38. The van der Waals surface area contributed by atoms with Crippen LogP contribution in [0.1, 0.15) is 25.5 Å². The maximum absolute atomic E-state index is 6.38. The lowest BCUT2D eigenvalue weighted by Crippen LogP contribution is -2.36. The number of hydrogen-bond acceptors (Lipinski definition) is 2. The minimum absolute atomic E-state index is 0.0154. The summed E-state index contributed by atoms with van der Waals surface area (Å²) in [6.07, 6.45) is 2.28. The molecule has 19 heavy (non-hydrogen) atoms. The molecule has 0 bridgehead atoms. The molecule has 3 rings (SSSR count). The first-order valence-electron chi connectivity index (χ1n) is 6.78. The number of H-pyrrole nitrogens is 1. The first kappa shape index (κ1) is 13.0. The zero-order valence-electron chi connectivity index (χ0n) is 11.1. The van der Waals surface area contributed by atoms with Crippen molar-refractivity contribution in [1.29, 1.82) is 0 Å². The third kappa shape index (κ3) is 2.64. The number of benzene rings is 1. The van der Waals surface area contributed by atoms with Crippen LogP contribution in [0, 0.1) is 0 Å². The molecule has 1 aromatic carbocycles. The standard InChI is InChI=1S/C15H19ClN2O/c1-15(7-4-8-19-15)10-17-9-13-14(16)11-5-2-3-6-12(11)18-13/h2-3,5-6,17-18H,4,7-10H2,1H3. The van der Waals surface area contributed by atoms with Crippen LogP contribution in [0.5, 0.6) is 0 Å². The molecule has 4 heteroatoms. The van der Waals surface area contributed by atoms with Gasteiger partial charge in [-0.3, -0.25) is 0 Å². The Hall–Kier alpha value is -1.03. The van der Waals surface area contributed by atoms with E-state index in [1.807, 2.05) is 24.3 Å². The number of rotatable bonds is 4. The predicted molar refractivity (Wildman–Crippen MR) is 78.6 cm³/mol. The van der Waals surface area contributed by atoms with Crippen LogP contribution in [-0.4, -0.2) is 23.7 Å². The summed E-state index contributed by atoms with van der Waals surface area (Å²) in [4.78, 5) is 3.37. The van der Waals surface area contributed by atoms with Crippen LogP contribution in [0.2, 0.25) is 5.02 Å². The number of ether oxygens (including phenoxy) is 1. The Morgan fingerprint density at radius 1 is 1.42 bits per heavy atom. The molecule has 0 saturated carbocycles. The third-order valence-corrected chi connectivity index (χ3v) is 4.25. The monoisotopic (exact) mass is 278 g/mol. The molecule has 0 aliphatic carbocycles. The van der Waals surface area contributed by atoms with E-state index in [9.17, 15) is 0 Å². The van der Waals surface area contributed by atoms with Crippen LogP contribution < -0.4 is 5.32 Å². The Balaban J connectivity index is 1.67. The predicted octanol–water partition coefficient (Wildman–Crippen LogP) is 3.48. The van der Waals surface area contributed by atoms with E-state index < -0.39 is 0 Å². The van der Waals surface area contributed by atoms with Crippen molar-refractivity contribution in [2.75, 3.05) is 13.2 Å². The Morgan fingerprint density at radius 2 is 2.26 bits per heavy atom. The summed E-state index contributed by atoms with van der Waals surface area (Å²) in [6.45, 7) is 4.65. The molecule has 1 fully saturated rings. The number of fused-ring (bicyclic) bond motifs is 1. The highest BCUT2D eigenvalue weighted by Gasteiger charge is 2.29. The summed E-state index contributed by atoms with van der Waals surface area (Å²) < 4.78 is 5.76. The van der Waals surface area contributed by atoms with Crippen LogP contribution in [0.3, 0.4) is 0 Å². The van der Waals surface area contributed by atoms with Crippen molar-refractivity contribution in [2.24, 2.45) is 0 Å². The Morgan fingerprint density at radius 3 is 3.00 bits per heavy atom. The van der Waals surface area contributed by atoms with Gasteiger partial charge in [0, 0.05) is 36.3 Å². The van der Waals surface area contributed by atoms with Crippen molar-refractivity contribution in [3.63, 3.8) is 0 Å². The molecular weight excluding hydrogens is 260 g/mol. The minimum Gasteiger partial charge on any atom is -0.374 e. The van der Waals surface area contributed by atoms with Crippen molar-refractivity contribution in [2.45, 2.75) is 31.9 Å². The molecule has 1 atom stereocenters. The van der Waals surface area contributed by atoms with E-state index in [4.69, 9.17) is 16.3 Å². The summed E-state index contributed by atoms with van der Waals surface area (Å²) in [5, 5.41) is 5.35. The molecular formula is C15H19ClN2O. The van der Waals surface area contributed by atoms with Gasteiger partial charge in [-0.2, -0.15) is 0 Å². The highest BCUT2D eigenvalue weighted by atomic mass is 35.5. The molecule has 3 nitrogen and oxygen atoms in total. The Labute approximate surface area is 118 Å². The van der Waals surface area contributed by atoms with Gasteiger partial charge in [-0.1, -0.05) is 29.8 Å². The summed E-state index contributed by atoms with van der Waals surface area (Å²) in [7, 11) is 0. The number of hydrogen-bond donors (Lipinski definition) is 2. The topological polar surface area (TPSA) is 37.0 Å². The van der Waals surface area contributed by atoms with E-state index in [0.717, 1.165) is 54.2 Å². The fourth-order valence-electron chi connectivity index (χ4n) is 2.71. The van der Waals surface area contributed by atoms with Gasteiger partial charge in [-0.25, -0.2) is 0 Å². The number of nitrogens with one attached hydrogen (secondary N) is 2. The van der Waals surface area contributed by atoms with Gasteiger partial charge < -0.3 is 15.0 Å². The second kappa shape index (κ2) is 5.16. The van der Waals surface area contributed by atoms with Crippen LogP contribution in [-0.2, 0) is 11.3 Å². The molecule has 1 saturated heterocycles.